The maximum absolute atomic E-state index is 12.6. The zero-order valence-electron chi connectivity index (χ0n) is 34.2. The summed E-state index contributed by atoms with van der Waals surface area (Å²) in [5.74, 6) is -0.409. The first kappa shape index (κ1) is 51.6. The topological polar surface area (TPSA) is 178 Å². The molecule has 12 nitrogen and oxygen atoms in total. The highest BCUT2D eigenvalue weighted by molar-refractivity contribution is 7.80. The van der Waals surface area contributed by atoms with Crippen molar-refractivity contribution in [1.82, 2.24) is 0 Å². The minimum absolute atomic E-state index is 0.0359. The third-order valence-corrected chi connectivity index (χ3v) is 10.3. The smallest absolute Gasteiger partial charge is 0.397 e. The molecule has 0 spiro atoms. The van der Waals surface area contributed by atoms with Crippen LogP contribution in [0.5, 0.6) is 0 Å². The van der Waals surface area contributed by atoms with Gasteiger partial charge in [-0.15, -0.1) is 0 Å². The van der Waals surface area contributed by atoms with Crippen LogP contribution in [0.3, 0.4) is 0 Å². The van der Waals surface area contributed by atoms with Gasteiger partial charge >= 0.3 is 16.4 Å². The zero-order chi connectivity index (χ0) is 40.4. The molecular weight excluding hydrogens is 729 g/mol. The number of unbranched alkanes of at least 4 members (excludes halogenated alkanes) is 20. The van der Waals surface area contributed by atoms with E-state index in [0.29, 0.717) is 13.0 Å². The van der Waals surface area contributed by atoms with E-state index in [1.54, 1.807) is 0 Å². The van der Waals surface area contributed by atoms with E-state index in [1.807, 2.05) is 0 Å². The third-order valence-electron chi connectivity index (χ3n) is 9.83. The molecule has 0 saturated carbocycles. The van der Waals surface area contributed by atoms with E-state index in [-0.39, 0.29) is 19.6 Å². The molecule has 1 heterocycles. The lowest BCUT2D eigenvalue weighted by molar-refractivity contribution is -0.301. The van der Waals surface area contributed by atoms with Crippen molar-refractivity contribution in [2.45, 2.75) is 211 Å². The van der Waals surface area contributed by atoms with Gasteiger partial charge in [0.1, 0.15) is 30.5 Å². The lowest BCUT2D eigenvalue weighted by Crippen LogP contribution is -2.60. The van der Waals surface area contributed by atoms with Gasteiger partial charge < -0.3 is 34.3 Å². The van der Waals surface area contributed by atoms with Gasteiger partial charge in [-0.2, -0.15) is 8.42 Å². The number of ether oxygens (including phenoxy) is 4. The van der Waals surface area contributed by atoms with E-state index in [0.717, 1.165) is 57.8 Å². The summed E-state index contributed by atoms with van der Waals surface area (Å²) < 4.78 is 58.7. The van der Waals surface area contributed by atoms with Crippen LogP contribution in [0.15, 0.2) is 24.3 Å². The summed E-state index contributed by atoms with van der Waals surface area (Å²) in [4.78, 5) is 12.6. The second kappa shape index (κ2) is 34.6. The average Bonchev–Trinajstić information content (AvgIpc) is 3.15. The van der Waals surface area contributed by atoms with E-state index >= 15 is 0 Å². The Labute approximate surface area is 333 Å². The van der Waals surface area contributed by atoms with Crippen molar-refractivity contribution in [3.05, 3.63) is 24.3 Å². The van der Waals surface area contributed by atoms with Crippen molar-refractivity contribution in [3.8, 4) is 0 Å². The third kappa shape index (κ3) is 28.6. The van der Waals surface area contributed by atoms with Gasteiger partial charge in [-0.05, 0) is 44.9 Å². The molecule has 55 heavy (non-hydrogen) atoms. The Morgan fingerprint density at radius 1 is 0.691 bits per heavy atom. The number of hydrogen-bond acceptors (Lipinski definition) is 11. The molecule has 0 bridgehead atoms. The minimum atomic E-state index is -5.05. The molecule has 0 aromatic carbocycles. The number of aliphatic hydroxyl groups excluding tert-OH is 3. The molecule has 324 valence electrons. The zero-order valence-corrected chi connectivity index (χ0v) is 35.1. The number of aliphatic hydroxyl groups is 3. The highest BCUT2D eigenvalue weighted by atomic mass is 32.3. The largest absolute Gasteiger partial charge is 0.457 e. The molecule has 0 amide bonds. The van der Waals surface area contributed by atoms with Crippen LogP contribution in [0.1, 0.15) is 174 Å². The fourth-order valence-corrected chi connectivity index (χ4v) is 7.03. The Balaban J connectivity index is 2.30. The maximum atomic E-state index is 12.6. The van der Waals surface area contributed by atoms with Crippen LogP contribution in [0.2, 0.25) is 0 Å². The standard InChI is InChI=1S/C42H78O12S/c1-3-5-7-9-11-12-13-14-15-16-17-18-19-20-21-22-23-24-25-26-28-30-32-50-34-36(52-38(44)31-29-27-10-8-6-4-2)35-51-42-40(46)41(54-55(47,48)49)39(45)37(33-43)53-42/h13-14,16-17,36-37,39-43,45-46H,3-12,15,18-35H2,1-2H3,(H,47,48,49)/b14-13-,17-16-. The quantitative estimate of drug-likeness (QED) is 0.0204. The van der Waals surface area contributed by atoms with Crippen molar-refractivity contribution in [3.63, 3.8) is 0 Å². The van der Waals surface area contributed by atoms with Crippen molar-refractivity contribution < 1.29 is 56.2 Å². The summed E-state index contributed by atoms with van der Waals surface area (Å²) in [6, 6.07) is 0. The molecule has 0 aromatic heterocycles. The summed E-state index contributed by atoms with van der Waals surface area (Å²) in [6.45, 7) is 3.90. The Morgan fingerprint density at radius 2 is 1.20 bits per heavy atom. The predicted molar refractivity (Wildman–Crippen MR) is 216 cm³/mol. The molecule has 1 rings (SSSR count). The van der Waals surface area contributed by atoms with Crippen LogP contribution in [0.4, 0.5) is 0 Å². The number of esters is 1. The van der Waals surface area contributed by atoms with Gasteiger partial charge in [0.15, 0.2) is 6.29 Å². The fraction of sp³-hybridized carbons (Fsp3) is 0.881. The highest BCUT2D eigenvalue weighted by Crippen LogP contribution is 2.26. The molecule has 1 aliphatic heterocycles. The van der Waals surface area contributed by atoms with Crippen LogP contribution in [-0.2, 0) is 38.3 Å². The molecule has 0 radical (unpaired) electrons. The van der Waals surface area contributed by atoms with Crippen LogP contribution < -0.4 is 0 Å². The normalized spacial score (nSPS) is 21.2. The Hall–Kier alpha value is -1.42. The Bertz CT molecular complexity index is 1070. The van der Waals surface area contributed by atoms with E-state index in [4.69, 9.17) is 23.5 Å². The van der Waals surface area contributed by atoms with Gasteiger partial charge in [0, 0.05) is 13.0 Å². The number of rotatable bonds is 37. The molecule has 1 aliphatic rings. The molecule has 6 atom stereocenters. The number of hydrogen-bond donors (Lipinski definition) is 4. The summed E-state index contributed by atoms with van der Waals surface area (Å²) >= 11 is 0. The van der Waals surface area contributed by atoms with Gasteiger partial charge in [-0.25, -0.2) is 4.18 Å². The molecule has 1 saturated heterocycles. The van der Waals surface area contributed by atoms with Gasteiger partial charge in [0.05, 0.1) is 19.8 Å². The second-order valence-corrected chi connectivity index (χ2v) is 16.0. The second-order valence-electron chi connectivity index (χ2n) is 14.9. The van der Waals surface area contributed by atoms with Crippen LogP contribution in [-0.4, -0.2) is 97.5 Å². The van der Waals surface area contributed by atoms with Crippen molar-refractivity contribution >= 4 is 16.4 Å². The number of carbonyl (C=O) groups is 1. The summed E-state index contributed by atoms with van der Waals surface area (Å²) in [6.07, 6.45) is 28.3. The van der Waals surface area contributed by atoms with Crippen LogP contribution in [0.25, 0.3) is 0 Å². The first-order chi connectivity index (χ1) is 26.6. The van der Waals surface area contributed by atoms with Crippen molar-refractivity contribution in [2.24, 2.45) is 0 Å². The summed E-state index contributed by atoms with van der Waals surface area (Å²) in [5, 5.41) is 30.5. The van der Waals surface area contributed by atoms with E-state index < -0.39 is 59.8 Å². The van der Waals surface area contributed by atoms with Crippen LogP contribution >= 0.6 is 0 Å². The van der Waals surface area contributed by atoms with E-state index in [1.165, 1.54) is 89.9 Å². The lowest BCUT2D eigenvalue weighted by Gasteiger charge is -2.41. The SMILES string of the molecule is CCCCCCC/C=C\C/C=C\CCCCCCCCCCCCOCC(COC1OC(CO)C(O)C(OS(=O)(=O)O)C1O)OC(=O)CCCCCCCC. The summed E-state index contributed by atoms with van der Waals surface area (Å²) in [7, 11) is -5.05. The predicted octanol–water partition coefficient (Wildman–Crippen LogP) is 8.46. The van der Waals surface area contributed by atoms with Crippen LogP contribution in [0, 0.1) is 0 Å². The lowest BCUT2D eigenvalue weighted by atomic mass is 9.99. The molecule has 0 aromatic rings. The maximum Gasteiger partial charge on any atom is 0.397 e. The first-order valence-corrected chi connectivity index (χ1v) is 23.0. The number of allylic oxidation sites excluding steroid dienone is 4. The Kier molecular flexibility index (Phi) is 32.5. The fourth-order valence-electron chi connectivity index (χ4n) is 6.53. The first-order valence-electron chi connectivity index (χ1n) is 21.6. The van der Waals surface area contributed by atoms with Crippen molar-refractivity contribution in [1.29, 1.82) is 0 Å². The van der Waals surface area contributed by atoms with Gasteiger partial charge in [-0.3, -0.25) is 9.35 Å². The van der Waals surface area contributed by atoms with E-state index in [9.17, 15) is 28.5 Å². The van der Waals surface area contributed by atoms with Crippen molar-refractivity contribution in [2.75, 3.05) is 26.4 Å². The molecule has 4 N–H and O–H groups in total. The molecular formula is C42H78O12S. The van der Waals surface area contributed by atoms with Gasteiger partial charge in [-0.1, -0.05) is 147 Å². The highest BCUT2D eigenvalue weighted by Gasteiger charge is 2.48. The molecule has 1 fully saturated rings. The Morgan fingerprint density at radius 3 is 1.73 bits per heavy atom. The molecule has 0 aliphatic carbocycles. The average molecular weight is 807 g/mol. The summed E-state index contributed by atoms with van der Waals surface area (Å²) in [5.41, 5.74) is 0. The molecule has 13 heteroatoms. The monoisotopic (exact) mass is 807 g/mol. The van der Waals surface area contributed by atoms with Gasteiger partial charge in [0.25, 0.3) is 0 Å². The van der Waals surface area contributed by atoms with Gasteiger partial charge in [0.2, 0.25) is 0 Å². The number of carbonyl (C=O) groups excluding carboxylic acids is 1. The minimum Gasteiger partial charge on any atom is -0.457 e. The molecule has 6 unspecified atom stereocenters. The van der Waals surface area contributed by atoms with E-state index in [2.05, 4.69) is 42.3 Å².